The lowest BCUT2D eigenvalue weighted by Crippen LogP contribution is -2.25. The molecule has 3 fully saturated rings. The lowest BCUT2D eigenvalue weighted by Gasteiger charge is -2.27. The molecule has 0 unspecified atom stereocenters. The zero-order chi connectivity index (χ0) is 18.2. The number of carbonyl (C=O) groups excluding carboxylic acids is 1. The van der Waals surface area contributed by atoms with Crippen LogP contribution in [0.5, 0.6) is 0 Å². The third-order valence-corrected chi connectivity index (χ3v) is 5.52. The molecular weight excluding hydrogens is 320 g/mol. The molecule has 1 spiro atoms. The number of epoxide rings is 2. The van der Waals surface area contributed by atoms with Gasteiger partial charge in [0.2, 0.25) is 0 Å². The summed E-state index contributed by atoms with van der Waals surface area (Å²) < 4.78 is 11.5. The normalized spacial score (nSPS) is 38.9. The Morgan fingerprint density at radius 3 is 2.76 bits per heavy atom. The van der Waals surface area contributed by atoms with E-state index in [9.17, 15) is 15.0 Å². The van der Waals surface area contributed by atoms with Gasteiger partial charge in [0.25, 0.3) is 0 Å². The van der Waals surface area contributed by atoms with E-state index in [0.717, 1.165) is 24.7 Å². The largest absolute Gasteiger partial charge is 0.396 e. The van der Waals surface area contributed by atoms with Crippen molar-refractivity contribution in [3.05, 3.63) is 36.0 Å². The van der Waals surface area contributed by atoms with Gasteiger partial charge < -0.3 is 19.7 Å². The summed E-state index contributed by atoms with van der Waals surface area (Å²) in [5.41, 5.74) is 0.405. The maximum absolute atomic E-state index is 11.7. The van der Waals surface area contributed by atoms with Gasteiger partial charge in [-0.3, -0.25) is 4.79 Å². The predicted molar refractivity (Wildman–Crippen MR) is 94.0 cm³/mol. The van der Waals surface area contributed by atoms with Crippen LogP contribution in [0.2, 0.25) is 0 Å². The van der Waals surface area contributed by atoms with Crippen LogP contribution in [0.1, 0.15) is 33.1 Å². The van der Waals surface area contributed by atoms with E-state index in [1.807, 2.05) is 0 Å². The first-order valence-corrected chi connectivity index (χ1v) is 8.94. The average molecular weight is 348 g/mol. The van der Waals surface area contributed by atoms with Gasteiger partial charge in [0.05, 0.1) is 24.9 Å². The maximum atomic E-state index is 11.7. The van der Waals surface area contributed by atoms with Gasteiger partial charge in [-0.1, -0.05) is 30.4 Å². The summed E-state index contributed by atoms with van der Waals surface area (Å²) in [6.45, 7) is 8.17. The molecule has 0 bridgehead atoms. The van der Waals surface area contributed by atoms with Crippen LogP contribution in [-0.4, -0.2) is 53.1 Å². The van der Waals surface area contributed by atoms with Gasteiger partial charge in [0, 0.05) is 5.92 Å². The van der Waals surface area contributed by atoms with Crippen molar-refractivity contribution in [2.75, 3.05) is 13.2 Å². The van der Waals surface area contributed by atoms with Crippen molar-refractivity contribution in [1.29, 1.82) is 0 Å². The first-order valence-electron chi connectivity index (χ1n) is 8.94. The van der Waals surface area contributed by atoms with Gasteiger partial charge in [0.1, 0.15) is 18.0 Å². The van der Waals surface area contributed by atoms with E-state index >= 15 is 0 Å². The summed E-state index contributed by atoms with van der Waals surface area (Å²) in [7, 11) is 0. The van der Waals surface area contributed by atoms with Crippen molar-refractivity contribution in [3.8, 4) is 0 Å². The van der Waals surface area contributed by atoms with Crippen LogP contribution in [-0.2, 0) is 14.3 Å². The monoisotopic (exact) mass is 348 g/mol. The second-order valence-electron chi connectivity index (χ2n) is 8.04. The molecule has 2 N–H and O–H groups in total. The van der Waals surface area contributed by atoms with E-state index in [1.165, 1.54) is 0 Å². The summed E-state index contributed by atoms with van der Waals surface area (Å²) in [5, 5.41) is 19.7. The van der Waals surface area contributed by atoms with Gasteiger partial charge in [0.15, 0.2) is 0 Å². The number of aliphatic hydroxyl groups is 2. The number of carbonyl (C=O) groups is 1. The number of ether oxygens (including phenoxy) is 2. The number of aliphatic hydroxyl groups excluding tert-OH is 1. The summed E-state index contributed by atoms with van der Waals surface area (Å²) >= 11 is 0. The van der Waals surface area contributed by atoms with Crippen LogP contribution < -0.4 is 0 Å². The second-order valence-corrected chi connectivity index (χ2v) is 8.04. The average Bonchev–Trinajstić information content (AvgIpc) is 3.42. The molecule has 0 amide bonds. The van der Waals surface area contributed by atoms with Crippen LogP contribution in [0.15, 0.2) is 36.0 Å². The fourth-order valence-corrected chi connectivity index (χ4v) is 3.90. The van der Waals surface area contributed by atoms with E-state index < -0.39 is 5.60 Å². The van der Waals surface area contributed by atoms with E-state index in [1.54, 1.807) is 32.1 Å². The predicted octanol–water partition coefficient (Wildman–Crippen LogP) is 1.94. The Hall–Kier alpha value is -1.27. The first kappa shape index (κ1) is 18.5. The zero-order valence-electron chi connectivity index (χ0n) is 15.0. The standard InChI is InChI=1S/C20H28O5/c1-13-9-17-18(25-17)20(12-24-20)8-6-15(16(13)11-22)14(10-21)5-4-7-19(2,3)23/h4-5,7,10,15-18,22-23H,1,6,8-9,11-12H2,2-3H3/b7-4+,14-5-/t15-,16+,17-,18-,20+/m1/s1. The van der Waals surface area contributed by atoms with Crippen molar-refractivity contribution >= 4 is 6.29 Å². The zero-order valence-corrected chi connectivity index (χ0v) is 15.0. The lowest BCUT2D eigenvalue weighted by atomic mass is 9.78. The molecule has 2 aliphatic heterocycles. The number of hydrogen-bond acceptors (Lipinski definition) is 5. The highest BCUT2D eigenvalue weighted by Crippen LogP contribution is 2.51. The van der Waals surface area contributed by atoms with Gasteiger partial charge in [-0.15, -0.1) is 0 Å². The van der Waals surface area contributed by atoms with E-state index in [4.69, 9.17) is 9.47 Å². The first-order chi connectivity index (χ1) is 11.8. The van der Waals surface area contributed by atoms with Crippen LogP contribution in [0.4, 0.5) is 0 Å². The number of fused-ring (bicyclic) bond motifs is 2. The van der Waals surface area contributed by atoms with Crippen molar-refractivity contribution in [2.45, 2.75) is 56.5 Å². The Bertz CT molecular complexity index is 594. The molecule has 5 atom stereocenters. The summed E-state index contributed by atoms with van der Waals surface area (Å²) in [6, 6.07) is 0. The van der Waals surface area contributed by atoms with Crippen molar-refractivity contribution in [3.63, 3.8) is 0 Å². The van der Waals surface area contributed by atoms with Crippen LogP contribution >= 0.6 is 0 Å². The third-order valence-electron chi connectivity index (χ3n) is 5.52. The minimum atomic E-state index is -0.937. The van der Waals surface area contributed by atoms with Crippen LogP contribution in [0.3, 0.4) is 0 Å². The summed E-state index contributed by atoms with van der Waals surface area (Å²) in [4.78, 5) is 11.7. The Kier molecular flexibility index (Phi) is 5.04. The second kappa shape index (κ2) is 6.80. The molecule has 0 aromatic rings. The highest BCUT2D eigenvalue weighted by Gasteiger charge is 2.63. The van der Waals surface area contributed by atoms with E-state index in [-0.39, 0.29) is 36.3 Å². The molecular formula is C20H28O5. The molecule has 5 nitrogen and oxygen atoms in total. The number of aldehydes is 1. The van der Waals surface area contributed by atoms with E-state index in [2.05, 4.69) is 6.58 Å². The number of rotatable bonds is 5. The smallest absolute Gasteiger partial charge is 0.146 e. The Balaban J connectivity index is 1.84. The molecule has 0 aromatic heterocycles. The molecule has 3 rings (SSSR count). The molecule has 3 aliphatic rings. The molecule has 2 heterocycles. The number of hydrogen-bond donors (Lipinski definition) is 2. The fourth-order valence-electron chi connectivity index (χ4n) is 3.90. The molecule has 0 radical (unpaired) electrons. The Morgan fingerprint density at radius 1 is 1.48 bits per heavy atom. The van der Waals surface area contributed by atoms with E-state index in [0.29, 0.717) is 18.6 Å². The fraction of sp³-hybridized carbons (Fsp3) is 0.650. The van der Waals surface area contributed by atoms with Crippen molar-refractivity contribution in [1.82, 2.24) is 0 Å². The van der Waals surface area contributed by atoms with Crippen LogP contribution in [0, 0.1) is 11.8 Å². The third kappa shape index (κ3) is 4.11. The topological polar surface area (TPSA) is 82.6 Å². The number of allylic oxidation sites excluding steroid dienone is 3. The van der Waals surface area contributed by atoms with Gasteiger partial charge >= 0.3 is 0 Å². The SMILES string of the molecule is C=C1C[C@H]2O[C@H]2[C@]2(CC[C@H](/C(C=O)=C\C=C\C(C)(C)O)[C@H]1CO)CO2. The summed E-state index contributed by atoms with van der Waals surface area (Å²) in [5.74, 6) is -0.286. The molecule has 138 valence electrons. The molecule has 25 heavy (non-hydrogen) atoms. The van der Waals surface area contributed by atoms with Crippen molar-refractivity contribution < 1.29 is 24.5 Å². The molecule has 5 heteroatoms. The summed E-state index contributed by atoms with van der Waals surface area (Å²) in [6.07, 6.45) is 8.43. The highest BCUT2D eigenvalue weighted by atomic mass is 16.7. The van der Waals surface area contributed by atoms with Crippen LogP contribution in [0.25, 0.3) is 0 Å². The lowest BCUT2D eigenvalue weighted by molar-refractivity contribution is -0.105. The maximum Gasteiger partial charge on any atom is 0.146 e. The highest BCUT2D eigenvalue weighted by molar-refractivity contribution is 5.75. The minimum Gasteiger partial charge on any atom is -0.396 e. The molecule has 1 aliphatic carbocycles. The van der Waals surface area contributed by atoms with Gasteiger partial charge in [-0.2, -0.15) is 0 Å². The molecule has 2 saturated heterocycles. The Labute approximate surface area is 149 Å². The molecule has 0 aromatic carbocycles. The minimum absolute atomic E-state index is 0.0465. The quantitative estimate of drug-likeness (QED) is 0.261. The molecule has 1 saturated carbocycles. The van der Waals surface area contributed by atoms with Crippen molar-refractivity contribution in [2.24, 2.45) is 11.8 Å². The Morgan fingerprint density at radius 2 is 2.20 bits per heavy atom. The van der Waals surface area contributed by atoms with Gasteiger partial charge in [-0.05, 0) is 44.6 Å². The van der Waals surface area contributed by atoms with Gasteiger partial charge in [-0.25, -0.2) is 0 Å².